The molecule has 0 N–H and O–H groups in total. The highest BCUT2D eigenvalue weighted by Gasteiger charge is 2.35. The second kappa shape index (κ2) is 4.84. The molecule has 2 aliphatic carbocycles. The Hall–Kier alpha value is -0.0800. The Morgan fingerprint density at radius 2 is 1.80 bits per heavy atom. The molecule has 2 aliphatic rings. The lowest BCUT2D eigenvalue weighted by Gasteiger charge is -2.40. The van der Waals surface area contributed by atoms with Crippen LogP contribution in [0.25, 0.3) is 0 Å². The largest absolute Gasteiger partial charge is 0.305 e. The molecule has 2 rings (SSSR count). The van der Waals surface area contributed by atoms with Crippen LogP contribution in [-0.4, -0.2) is 49.1 Å². The number of hydrogen-bond donors (Lipinski definition) is 0. The molecule has 88 valence electrons. The van der Waals surface area contributed by atoms with Crippen LogP contribution in [0.1, 0.15) is 39.0 Å². The molecule has 0 aromatic carbocycles. The molecule has 0 saturated heterocycles. The Labute approximate surface area is 94.6 Å². The van der Waals surface area contributed by atoms with E-state index < -0.39 is 0 Å². The van der Waals surface area contributed by atoms with Crippen LogP contribution in [0.15, 0.2) is 0 Å². The number of likely N-dealkylation sites (N-methyl/N-ethyl adjacent to an activating group) is 2. The van der Waals surface area contributed by atoms with E-state index in [-0.39, 0.29) is 0 Å². The Balaban J connectivity index is 1.85. The van der Waals surface area contributed by atoms with Crippen LogP contribution in [0.3, 0.4) is 0 Å². The van der Waals surface area contributed by atoms with Crippen LogP contribution in [0.4, 0.5) is 0 Å². The Bertz CT molecular complexity index is 193. The molecule has 0 spiro atoms. The summed E-state index contributed by atoms with van der Waals surface area (Å²) in [5.74, 6) is 0.995. The molecule has 15 heavy (non-hydrogen) atoms. The number of rotatable bonds is 6. The zero-order chi connectivity index (χ0) is 10.8. The predicted octanol–water partition coefficient (Wildman–Crippen LogP) is 2.20. The van der Waals surface area contributed by atoms with Gasteiger partial charge in [-0.15, -0.1) is 0 Å². The van der Waals surface area contributed by atoms with Crippen molar-refractivity contribution in [1.82, 2.24) is 9.80 Å². The second-order valence-electron chi connectivity index (χ2n) is 5.54. The van der Waals surface area contributed by atoms with Crippen LogP contribution in [-0.2, 0) is 0 Å². The molecule has 0 aliphatic heterocycles. The van der Waals surface area contributed by atoms with Gasteiger partial charge >= 0.3 is 0 Å². The molecule has 1 unspecified atom stereocenters. The van der Waals surface area contributed by atoms with Crippen molar-refractivity contribution in [2.45, 2.75) is 51.1 Å². The highest BCUT2D eigenvalue weighted by Crippen LogP contribution is 2.36. The van der Waals surface area contributed by atoms with Crippen molar-refractivity contribution < 1.29 is 0 Å². The third-order valence-electron chi connectivity index (χ3n) is 4.25. The van der Waals surface area contributed by atoms with E-state index in [0.717, 1.165) is 18.0 Å². The summed E-state index contributed by atoms with van der Waals surface area (Å²) in [7, 11) is 4.50. The Morgan fingerprint density at radius 1 is 1.13 bits per heavy atom. The molecular weight excluding hydrogens is 184 g/mol. The standard InChI is InChI=1S/C13H26N2/c1-4-15(12-6-5-7-12)10-13(14(2)3)11-8-9-11/h11-13H,4-10H2,1-3H3. The third kappa shape index (κ3) is 2.73. The quantitative estimate of drug-likeness (QED) is 0.663. The average Bonchev–Trinajstić information content (AvgIpc) is 2.91. The highest BCUT2D eigenvalue weighted by atomic mass is 15.2. The van der Waals surface area contributed by atoms with E-state index >= 15 is 0 Å². The highest BCUT2D eigenvalue weighted by molar-refractivity contribution is 4.90. The van der Waals surface area contributed by atoms with Gasteiger partial charge in [0, 0.05) is 18.6 Å². The zero-order valence-corrected chi connectivity index (χ0v) is 10.6. The second-order valence-corrected chi connectivity index (χ2v) is 5.54. The topological polar surface area (TPSA) is 6.48 Å². The predicted molar refractivity (Wildman–Crippen MR) is 65.1 cm³/mol. The van der Waals surface area contributed by atoms with Crippen LogP contribution in [0.2, 0.25) is 0 Å². The zero-order valence-electron chi connectivity index (χ0n) is 10.6. The number of nitrogens with zero attached hydrogens (tertiary/aromatic N) is 2. The SMILES string of the molecule is CCN(CC(C1CC1)N(C)C)C1CCC1. The van der Waals surface area contributed by atoms with Gasteiger partial charge < -0.3 is 4.90 Å². The van der Waals surface area contributed by atoms with Crippen LogP contribution >= 0.6 is 0 Å². The van der Waals surface area contributed by atoms with Crippen molar-refractivity contribution in [3.05, 3.63) is 0 Å². The molecule has 0 aromatic heterocycles. The molecule has 0 heterocycles. The lowest BCUT2D eigenvalue weighted by molar-refractivity contribution is 0.0913. The molecule has 2 saturated carbocycles. The van der Waals surface area contributed by atoms with Gasteiger partial charge in [-0.25, -0.2) is 0 Å². The van der Waals surface area contributed by atoms with Gasteiger partial charge in [-0.05, 0) is 52.2 Å². The first kappa shape index (κ1) is 11.4. The smallest absolute Gasteiger partial charge is 0.0245 e. The van der Waals surface area contributed by atoms with Crippen molar-refractivity contribution in [2.24, 2.45) is 5.92 Å². The minimum Gasteiger partial charge on any atom is -0.305 e. The van der Waals surface area contributed by atoms with E-state index in [9.17, 15) is 0 Å². The van der Waals surface area contributed by atoms with Gasteiger partial charge in [0.15, 0.2) is 0 Å². The van der Waals surface area contributed by atoms with Crippen LogP contribution in [0.5, 0.6) is 0 Å². The summed E-state index contributed by atoms with van der Waals surface area (Å²) in [5, 5.41) is 0. The molecule has 0 amide bonds. The molecule has 2 heteroatoms. The van der Waals surface area contributed by atoms with Crippen molar-refractivity contribution in [3.63, 3.8) is 0 Å². The normalized spacial score (nSPS) is 24.6. The molecule has 2 fully saturated rings. The molecule has 0 bridgehead atoms. The van der Waals surface area contributed by atoms with E-state index in [1.54, 1.807) is 0 Å². The van der Waals surface area contributed by atoms with Gasteiger partial charge in [0.2, 0.25) is 0 Å². The first-order valence-corrected chi connectivity index (χ1v) is 6.62. The van der Waals surface area contributed by atoms with Gasteiger partial charge in [0.05, 0.1) is 0 Å². The summed E-state index contributed by atoms with van der Waals surface area (Å²) in [6, 6.07) is 1.72. The maximum Gasteiger partial charge on any atom is 0.0245 e. The lowest BCUT2D eigenvalue weighted by atomic mass is 9.91. The molecule has 2 nitrogen and oxygen atoms in total. The lowest BCUT2D eigenvalue weighted by Crippen LogP contribution is -2.48. The van der Waals surface area contributed by atoms with E-state index in [4.69, 9.17) is 0 Å². The van der Waals surface area contributed by atoms with Gasteiger partial charge in [0.1, 0.15) is 0 Å². The van der Waals surface area contributed by atoms with E-state index in [0.29, 0.717) is 0 Å². The van der Waals surface area contributed by atoms with Gasteiger partial charge in [-0.2, -0.15) is 0 Å². The molecule has 0 aromatic rings. The van der Waals surface area contributed by atoms with Crippen LogP contribution < -0.4 is 0 Å². The molecule has 1 atom stereocenters. The van der Waals surface area contributed by atoms with Gasteiger partial charge in [0.25, 0.3) is 0 Å². The average molecular weight is 210 g/mol. The Morgan fingerprint density at radius 3 is 2.13 bits per heavy atom. The van der Waals surface area contributed by atoms with Crippen molar-refractivity contribution in [1.29, 1.82) is 0 Å². The summed E-state index contributed by atoms with van der Waals surface area (Å²) in [6.07, 6.45) is 7.27. The first-order valence-electron chi connectivity index (χ1n) is 6.62. The summed E-state index contributed by atoms with van der Waals surface area (Å²) in [5.41, 5.74) is 0. The van der Waals surface area contributed by atoms with Crippen molar-refractivity contribution >= 4 is 0 Å². The van der Waals surface area contributed by atoms with Gasteiger partial charge in [-0.1, -0.05) is 13.3 Å². The van der Waals surface area contributed by atoms with Crippen molar-refractivity contribution in [2.75, 3.05) is 27.2 Å². The van der Waals surface area contributed by atoms with E-state index in [2.05, 4.69) is 30.8 Å². The summed E-state index contributed by atoms with van der Waals surface area (Å²) >= 11 is 0. The third-order valence-corrected chi connectivity index (χ3v) is 4.25. The summed E-state index contributed by atoms with van der Waals surface area (Å²) in [6.45, 7) is 4.86. The minimum atomic E-state index is 0.811. The maximum atomic E-state index is 2.71. The minimum absolute atomic E-state index is 0.811. The number of hydrogen-bond acceptors (Lipinski definition) is 2. The summed E-state index contributed by atoms with van der Waals surface area (Å²) < 4.78 is 0. The maximum absolute atomic E-state index is 2.71. The molecule has 0 radical (unpaired) electrons. The van der Waals surface area contributed by atoms with Gasteiger partial charge in [-0.3, -0.25) is 4.90 Å². The van der Waals surface area contributed by atoms with Crippen molar-refractivity contribution in [3.8, 4) is 0 Å². The summed E-state index contributed by atoms with van der Waals surface area (Å²) in [4.78, 5) is 5.16. The van der Waals surface area contributed by atoms with E-state index in [1.165, 1.54) is 45.2 Å². The fourth-order valence-corrected chi connectivity index (χ4v) is 2.74. The monoisotopic (exact) mass is 210 g/mol. The fourth-order valence-electron chi connectivity index (χ4n) is 2.74. The molecular formula is C13H26N2. The fraction of sp³-hybridized carbons (Fsp3) is 1.00. The first-order chi connectivity index (χ1) is 7.22. The van der Waals surface area contributed by atoms with Crippen LogP contribution in [0, 0.1) is 5.92 Å². The van der Waals surface area contributed by atoms with E-state index in [1.807, 2.05) is 0 Å². The Kier molecular flexibility index (Phi) is 3.68.